The Hall–Kier alpha value is -0.780. The van der Waals surface area contributed by atoms with Crippen LogP contribution < -0.4 is 0 Å². The first-order valence-corrected chi connectivity index (χ1v) is 4.38. The van der Waals surface area contributed by atoms with Gasteiger partial charge in [0.25, 0.3) is 0 Å². The van der Waals surface area contributed by atoms with Crippen molar-refractivity contribution >= 4 is 33.3 Å². The molecular formula is C6H4ClN3OS. The molecule has 0 unspecified atom stereocenters. The molecular weight excluding hydrogens is 198 g/mol. The van der Waals surface area contributed by atoms with Crippen LogP contribution in [0.1, 0.15) is 5.01 Å². The third-order valence-corrected chi connectivity index (χ3v) is 2.43. The zero-order valence-electron chi connectivity index (χ0n) is 5.86. The fourth-order valence-corrected chi connectivity index (χ4v) is 1.78. The molecule has 2 heterocycles. The molecule has 12 heavy (non-hydrogen) atoms. The molecule has 0 saturated heterocycles. The van der Waals surface area contributed by atoms with Gasteiger partial charge < -0.3 is 5.11 Å². The maximum Gasteiger partial charge on any atom is 0.223 e. The lowest BCUT2D eigenvalue weighted by Crippen LogP contribution is -1.80. The van der Waals surface area contributed by atoms with Crippen LogP contribution in [0.15, 0.2) is 6.20 Å². The Balaban J connectivity index is 2.67. The third kappa shape index (κ3) is 1.26. The molecule has 2 aromatic rings. The summed E-state index contributed by atoms with van der Waals surface area (Å²) >= 11 is 6.88. The van der Waals surface area contributed by atoms with Crippen LogP contribution in [0.5, 0.6) is 0 Å². The molecule has 0 aliphatic heterocycles. The summed E-state index contributed by atoms with van der Waals surface area (Å²) in [6, 6.07) is 0. The number of fused-ring (bicyclic) bond motifs is 1. The number of halogens is 1. The lowest BCUT2D eigenvalue weighted by molar-refractivity contribution is 0.281. The summed E-state index contributed by atoms with van der Waals surface area (Å²) in [5.41, 5.74) is 0.674. The van der Waals surface area contributed by atoms with Gasteiger partial charge in [0.2, 0.25) is 5.28 Å². The van der Waals surface area contributed by atoms with E-state index in [0.717, 1.165) is 0 Å². The predicted octanol–water partition coefficient (Wildman–Crippen LogP) is 1.23. The van der Waals surface area contributed by atoms with E-state index in [4.69, 9.17) is 16.7 Å². The number of hydrogen-bond donors (Lipinski definition) is 1. The van der Waals surface area contributed by atoms with Crippen LogP contribution in [-0.2, 0) is 6.61 Å². The highest BCUT2D eigenvalue weighted by Gasteiger charge is 2.04. The summed E-state index contributed by atoms with van der Waals surface area (Å²) < 4.78 is 0. The first-order chi connectivity index (χ1) is 5.79. The second kappa shape index (κ2) is 2.93. The first kappa shape index (κ1) is 7.85. The number of aliphatic hydroxyl groups is 1. The maximum absolute atomic E-state index is 8.77. The number of rotatable bonds is 1. The van der Waals surface area contributed by atoms with Crippen LogP contribution in [0.25, 0.3) is 10.3 Å². The quantitative estimate of drug-likeness (QED) is 0.706. The van der Waals surface area contributed by atoms with E-state index in [1.54, 1.807) is 6.20 Å². The molecule has 2 rings (SSSR count). The van der Waals surface area contributed by atoms with E-state index in [1.807, 2.05) is 0 Å². The monoisotopic (exact) mass is 201 g/mol. The van der Waals surface area contributed by atoms with Crippen molar-refractivity contribution in [2.45, 2.75) is 6.61 Å². The van der Waals surface area contributed by atoms with Crippen LogP contribution in [0.2, 0.25) is 5.28 Å². The van der Waals surface area contributed by atoms with E-state index < -0.39 is 0 Å². The molecule has 0 spiro atoms. The van der Waals surface area contributed by atoms with Gasteiger partial charge in [-0.3, -0.25) is 0 Å². The summed E-state index contributed by atoms with van der Waals surface area (Å²) in [5, 5.41) is 9.61. The Labute approximate surface area is 76.9 Å². The lowest BCUT2D eigenvalue weighted by atomic mass is 10.6. The molecule has 0 amide bonds. The number of aliphatic hydroxyl groups excluding tert-OH is 1. The molecule has 0 atom stereocenters. The van der Waals surface area contributed by atoms with Gasteiger partial charge in [-0.05, 0) is 11.6 Å². The van der Waals surface area contributed by atoms with E-state index in [1.165, 1.54) is 11.3 Å². The van der Waals surface area contributed by atoms with E-state index in [9.17, 15) is 0 Å². The van der Waals surface area contributed by atoms with Crippen molar-refractivity contribution < 1.29 is 5.11 Å². The summed E-state index contributed by atoms with van der Waals surface area (Å²) in [5.74, 6) is 0. The van der Waals surface area contributed by atoms with E-state index >= 15 is 0 Å². The molecule has 0 aliphatic rings. The van der Waals surface area contributed by atoms with Gasteiger partial charge in [-0.25, -0.2) is 15.0 Å². The van der Waals surface area contributed by atoms with Crippen LogP contribution in [-0.4, -0.2) is 20.1 Å². The normalized spacial score (nSPS) is 10.8. The fraction of sp³-hybridized carbons (Fsp3) is 0.167. The van der Waals surface area contributed by atoms with Crippen molar-refractivity contribution in [3.05, 3.63) is 16.5 Å². The second-order valence-corrected chi connectivity index (χ2v) is 3.50. The van der Waals surface area contributed by atoms with E-state index in [-0.39, 0.29) is 11.9 Å². The van der Waals surface area contributed by atoms with Crippen LogP contribution in [0, 0.1) is 0 Å². The van der Waals surface area contributed by atoms with E-state index in [2.05, 4.69) is 15.0 Å². The molecule has 6 heteroatoms. The zero-order chi connectivity index (χ0) is 8.55. The van der Waals surface area contributed by atoms with Crippen molar-refractivity contribution in [2.24, 2.45) is 0 Å². The van der Waals surface area contributed by atoms with Crippen molar-refractivity contribution in [3.63, 3.8) is 0 Å². The molecule has 2 aromatic heterocycles. The minimum atomic E-state index is -0.0708. The molecule has 1 N–H and O–H groups in total. The number of hydrogen-bond acceptors (Lipinski definition) is 5. The van der Waals surface area contributed by atoms with E-state index in [0.29, 0.717) is 15.4 Å². The molecule has 0 aromatic carbocycles. The summed E-state index contributed by atoms with van der Waals surface area (Å²) in [4.78, 5) is 12.5. The minimum Gasteiger partial charge on any atom is -0.389 e. The van der Waals surface area contributed by atoms with Gasteiger partial charge in [-0.15, -0.1) is 0 Å². The van der Waals surface area contributed by atoms with Gasteiger partial charge >= 0.3 is 0 Å². The highest BCUT2D eigenvalue weighted by molar-refractivity contribution is 7.18. The first-order valence-electron chi connectivity index (χ1n) is 3.18. The SMILES string of the molecule is OCc1nc2cnc(Cl)nc2s1. The largest absolute Gasteiger partial charge is 0.389 e. The van der Waals surface area contributed by atoms with Gasteiger partial charge in [-0.1, -0.05) is 11.3 Å². The zero-order valence-corrected chi connectivity index (χ0v) is 7.43. The molecule has 0 fully saturated rings. The predicted molar refractivity (Wildman–Crippen MR) is 46.1 cm³/mol. The molecule has 0 bridgehead atoms. The highest BCUT2D eigenvalue weighted by Crippen LogP contribution is 2.19. The van der Waals surface area contributed by atoms with Crippen LogP contribution in [0.3, 0.4) is 0 Å². The van der Waals surface area contributed by atoms with Gasteiger partial charge in [0.15, 0.2) is 0 Å². The Kier molecular flexibility index (Phi) is 1.92. The molecule has 0 aliphatic carbocycles. The average Bonchev–Trinajstić information content (AvgIpc) is 2.46. The maximum atomic E-state index is 8.77. The highest BCUT2D eigenvalue weighted by atomic mass is 35.5. The summed E-state index contributed by atoms with van der Waals surface area (Å²) in [7, 11) is 0. The number of thiazole rings is 1. The number of aromatic nitrogens is 3. The Morgan fingerprint density at radius 1 is 1.50 bits per heavy atom. The van der Waals surface area contributed by atoms with Crippen molar-refractivity contribution in [3.8, 4) is 0 Å². The molecule has 0 radical (unpaired) electrons. The van der Waals surface area contributed by atoms with Crippen molar-refractivity contribution in [1.29, 1.82) is 0 Å². The molecule has 0 saturated carbocycles. The molecule has 4 nitrogen and oxygen atoms in total. The summed E-state index contributed by atoms with van der Waals surface area (Å²) in [6.45, 7) is -0.0708. The van der Waals surface area contributed by atoms with Gasteiger partial charge in [0.05, 0.1) is 12.8 Å². The lowest BCUT2D eigenvalue weighted by Gasteiger charge is -1.85. The topological polar surface area (TPSA) is 58.9 Å². The Morgan fingerprint density at radius 2 is 2.33 bits per heavy atom. The third-order valence-electron chi connectivity index (χ3n) is 1.30. The second-order valence-electron chi connectivity index (χ2n) is 2.10. The van der Waals surface area contributed by atoms with Crippen molar-refractivity contribution in [2.75, 3.05) is 0 Å². The smallest absolute Gasteiger partial charge is 0.223 e. The van der Waals surface area contributed by atoms with Crippen LogP contribution >= 0.6 is 22.9 Å². The van der Waals surface area contributed by atoms with Gasteiger partial charge in [0, 0.05) is 0 Å². The fourth-order valence-electron chi connectivity index (χ4n) is 0.828. The Bertz CT molecular complexity index is 416. The van der Waals surface area contributed by atoms with Gasteiger partial charge in [0.1, 0.15) is 15.4 Å². The Morgan fingerprint density at radius 3 is 3.08 bits per heavy atom. The average molecular weight is 202 g/mol. The molecule has 62 valence electrons. The number of nitrogens with zero attached hydrogens (tertiary/aromatic N) is 3. The minimum absolute atomic E-state index is 0.0708. The standard InChI is InChI=1S/C6H4ClN3OS/c7-6-8-1-3-5(10-6)12-4(2-11)9-3/h1,11H,2H2. The van der Waals surface area contributed by atoms with Gasteiger partial charge in [-0.2, -0.15) is 0 Å². The summed E-state index contributed by atoms with van der Waals surface area (Å²) in [6.07, 6.45) is 1.54. The van der Waals surface area contributed by atoms with Crippen molar-refractivity contribution in [1.82, 2.24) is 15.0 Å². The van der Waals surface area contributed by atoms with Crippen LogP contribution in [0.4, 0.5) is 0 Å².